The van der Waals surface area contributed by atoms with E-state index in [4.69, 9.17) is 0 Å². The van der Waals surface area contributed by atoms with Gasteiger partial charge in [0.15, 0.2) is 0 Å². The summed E-state index contributed by atoms with van der Waals surface area (Å²) in [4.78, 5) is 11.1. The standard InChI is InChI=1S/C12H17NO2S/c1-9(12(14)15-3)4-6-13-10(2)11-5-7-16-8-11/h4-5,7-8,10,13H,6H2,1-3H3/b9-4+. The molecule has 0 bridgehead atoms. The Kier molecular flexibility index (Phi) is 5.22. The van der Waals surface area contributed by atoms with Crippen LogP contribution in [0.4, 0.5) is 0 Å². The van der Waals surface area contributed by atoms with E-state index in [1.54, 1.807) is 18.3 Å². The maximum Gasteiger partial charge on any atom is 0.333 e. The second-order valence-corrected chi connectivity index (χ2v) is 4.35. The molecular formula is C12H17NO2S. The third-order valence-corrected chi connectivity index (χ3v) is 3.08. The molecular weight excluding hydrogens is 222 g/mol. The normalized spacial score (nSPS) is 13.6. The quantitative estimate of drug-likeness (QED) is 0.634. The van der Waals surface area contributed by atoms with E-state index in [0.717, 1.165) is 0 Å². The van der Waals surface area contributed by atoms with Crippen LogP contribution in [0, 0.1) is 0 Å². The minimum absolute atomic E-state index is 0.273. The predicted octanol–water partition coefficient (Wildman–Crippen LogP) is 2.52. The first-order valence-corrected chi connectivity index (χ1v) is 6.10. The van der Waals surface area contributed by atoms with E-state index in [2.05, 4.69) is 33.8 Å². The van der Waals surface area contributed by atoms with Crippen LogP contribution in [0.2, 0.25) is 0 Å². The molecule has 1 aromatic heterocycles. The van der Waals surface area contributed by atoms with Crippen molar-refractivity contribution in [2.24, 2.45) is 0 Å². The number of carbonyl (C=O) groups excluding carboxylic acids is 1. The second-order valence-electron chi connectivity index (χ2n) is 3.57. The number of esters is 1. The highest BCUT2D eigenvalue weighted by Gasteiger charge is 2.05. The Morgan fingerprint density at radius 3 is 3.00 bits per heavy atom. The Labute approximate surface area is 100 Å². The van der Waals surface area contributed by atoms with Crippen LogP contribution in [0.15, 0.2) is 28.5 Å². The summed E-state index contributed by atoms with van der Waals surface area (Å²) in [6.07, 6.45) is 1.84. The van der Waals surface area contributed by atoms with E-state index in [1.807, 2.05) is 6.08 Å². The molecule has 0 radical (unpaired) electrons. The van der Waals surface area contributed by atoms with Gasteiger partial charge in [0.05, 0.1) is 7.11 Å². The zero-order chi connectivity index (χ0) is 12.0. The summed E-state index contributed by atoms with van der Waals surface area (Å²) in [7, 11) is 1.39. The predicted molar refractivity (Wildman–Crippen MR) is 66.5 cm³/mol. The lowest BCUT2D eigenvalue weighted by Gasteiger charge is -2.10. The van der Waals surface area contributed by atoms with Gasteiger partial charge in [-0.25, -0.2) is 4.79 Å². The molecule has 16 heavy (non-hydrogen) atoms. The summed E-state index contributed by atoms with van der Waals surface area (Å²) < 4.78 is 4.61. The highest BCUT2D eigenvalue weighted by atomic mass is 32.1. The molecule has 1 unspecified atom stereocenters. The SMILES string of the molecule is COC(=O)/C(C)=C/CNC(C)c1ccsc1. The van der Waals surface area contributed by atoms with Gasteiger partial charge < -0.3 is 10.1 Å². The smallest absolute Gasteiger partial charge is 0.333 e. The number of carbonyl (C=O) groups is 1. The lowest BCUT2D eigenvalue weighted by atomic mass is 10.2. The molecule has 1 atom stereocenters. The van der Waals surface area contributed by atoms with Gasteiger partial charge in [0, 0.05) is 18.2 Å². The molecule has 0 saturated heterocycles. The van der Waals surface area contributed by atoms with Crippen LogP contribution in [-0.2, 0) is 9.53 Å². The molecule has 0 amide bonds. The van der Waals surface area contributed by atoms with E-state index >= 15 is 0 Å². The molecule has 0 saturated carbocycles. The first-order chi connectivity index (χ1) is 7.65. The van der Waals surface area contributed by atoms with E-state index in [9.17, 15) is 4.79 Å². The molecule has 0 aliphatic rings. The number of thiophene rings is 1. The number of hydrogen-bond acceptors (Lipinski definition) is 4. The molecule has 88 valence electrons. The van der Waals surface area contributed by atoms with Gasteiger partial charge in [-0.05, 0) is 36.2 Å². The van der Waals surface area contributed by atoms with Crippen molar-refractivity contribution < 1.29 is 9.53 Å². The third-order valence-electron chi connectivity index (χ3n) is 2.38. The highest BCUT2D eigenvalue weighted by Crippen LogP contribution is 2.15. The van der Waals surface area contributed by atoms with Crippen molar-refractivity contribution in [1.29, 1.82) is 0 Å². The summed E-state index contributed by atoms with van der Waals surface area (Å²) in [5, 5.41) is 7.50. The number of hydrogen-bond donors (Lipinski definition) is 1. The number of methoxy groups -OCH3 is 1. The maximum atomic E-state index is 11.1. The number of nitrogens with one attached hydrogen (secondary N) is 1. The summed E-state index contributed by atoms with van der Waals surface area (Å²) >= 11 is 1.69. The first-order valence-electron chi connectivity index (χ1n) is 5.15. The zero-order valence-electron chi connectivity index (χ0n) is 9.82. The maximum absolute atomic E-state index is 11.1. The largest absolute Gasteiger partial charge is 0.466 e. The summed E-state index contributed by atoms with van der Waals surface area (Å²) in [5.41, 5.74) is 1.90. The fourth-order valence-corrected chi connectivity index (χ4v) is 2.03. The number of rotatable bonds is 5. The van der Waals surface area contributed by atoms with Gasteiger partial charge in [-0.15, -0.1) is 0 Å². The topological polar surface area (TPSA) is 38.3 Å². The molecule has 0 fully saturated rings. The van der Waals surface area contributed by atoms with Crippen molar-refractivity contribution in [3.63, 3.8) is 0 Å². The van der Waals surface area contributed by atoms with E-state index in [0.29, 0.717) is 18.2 Å². The van der Waals surface area contributed by atoms with Gasteiger partial charge in [-0.1, -0.05) is 6.08 Å². The van der Waals surface area contributed by atoms with Crippen LogP contribution in [0.3, 0.4) is 0 Å². The van der Waals surface area contributed by atoms with Crippen molar-refractivity contribution in [2.75, 3.05) is 13.7 Å². The van der Waals surface area contributed by atoms with Crippen LogP contribution >= 0.6 is 11.3 Å². The average molecular weight is 239 g/mol. The zero-order valence-corrected chi connectivity index (χ0v) is 10.6. The van der Waals surface area contributed by atoms with Crippen LogP contribution in [0.5, 0.6) is 0 Å². The van der Waals surface area contributed by atoms with Gasteiger partial charge in [0.25, 0.3) is 0 Å². The summed E-state index contributed by atoms with van der Waals surface area (Å²) in [6, 6.07) is 2.40. The Morgan fingerprint density at radius 1 is 1.69 bits per heavy atom. The minimum Gasteiger partial charge on any atom is -0.466 e. The van der Waals surface area contributed by atoms with Crippen molar-refractivity contribution in [3.05, 3.63) is 34.0 Å². The number of ether oxygens (including phenoxy) is 1. The van der Waals surface area contributed by atoms with Crippen LogP contribution in [0.1, 0.15) is 25.5 Å². The van der Waals surface area contributed by atoms with Crippen LogP contribution in [0.25, 0.3) is 0 Å². The second kappa shape index (κ2) is 6.45. The third kappa shape index (κ3) is 3.79. The molecule has 0 aromatic carbocycles. The molecule has 0 aliphatic carbocycles. The molecule has 1 N–H and O–H groups in total. The van der Waals surface area contributed by atoms with Crippen LogP contribution < -0.4 is 5.32 Å². The Bertz CT molecular complexity index is 357. The van der Waals surface area contributed by atoms with Gasteiger partial charge >= 0.3 is 5.97 Å². The van der Waals surface area contributed by atoms with Gasteiger partial charge in [-0.3, -0.25) is 0 Å². The monoisotopic (exact) mass is 239 g/mol. The van der Waals surface area contributed by atoms with Crippen molar-refractivity contribution in [1.82, 2.24) is 5.32 Å². The lowest BCUT2D eigenvalue weighted by Crippen LogP contribution is -2.18. The van der Waals surface area contributed by atoms with Gasteiger partial charge in [0.2, 0.25) is 0 Å². The van der Waals surface area contributed by atoms with E-state index in [-0.39, 0.29) is 5.97 Å². The van der Waals surface area contributed by atoms with Gasteiger partial charge in [0.1, 0.15) is 0 Å². The van der Waals surface area contributed by atoms with E-state index in [1.165, 1.54) is 12.7 Å². The van der Waals surface area contributed by atoms with Crippen LogP contribution in [-0.4, -0.2) is 19.6 Å². The highest BCUT2D eigenvalue weighted by molar-refractivity contribution is 7.07. The minimum atomic E-state index is -0.273. The Hall–Kier alpha value is -1.13. The van der Waals surface area contributed by atoms with Gasteiger partial charge in [-0.2, -0.15) is 11.3 Å². The molecule has 0 spiro atoms. The van der Waals surface area contributed by atoms with Crippen molar-refractivity contribution in [3.8, 4) is 0 Å². The van der Waals surface area contributed by atoms with E-state index < -0.39 is 0 Å². The molecule has 1 aromatic rings. The molecule has 1 heterocycles. The fourth-order valence-electron chi connectivity index (χ4n) is 1.27. The summed E-state index contributed by atoms with van der Waals surface area (Å²) in [5.74, 6) is -0.273. The van der Waals surface area contributed by atoms with Crippen molar-refractivity contribution in [2.45, 2.75) is 19.9 Å². The molecule has 1 rings (SSSR count). The summed E-state index contributed by atoms with van der Waals surface area (Å²) in [6.45, 7) is 4.52. The molecule has 0 aliphatic heterocycles. The van der Waals surface area contributed by atoms with Crippen molar-refractivity contribution >= 4 is 17.3 Å². The fraction of sp³-hybridized carbons (Fsp3) is 0.417. The lowest BCUT2D eigenvalue weighted by molar-refractivity contribution is -0.136. The Morgan fingerprint density at radius 2 is 2.44 bits per heavy atom. The molecule has 4 heteroatoms. The first kappa shape index (κ1) is 12.9. The Balaban J connectivity index is 2.38. The average Bonchev–Trinajstić information content (AvgIpc) is 2.81. The molecule has 3 nitrogen and oxygen atoms in total.